The lowest BCUT2D eigenvalue weighted by atomic mass is 10.3. The summed E-state index contributed by atoms with van der Waals surface area (Å²) in [5.74, 6) is 0.895. The molecular weight excluding hydrogens is 252 g/mol. The van der Waals surface area contributed by atoms with Gasteiger partial charge in [-0.3, -0.25) is 4.68 Å². The molecular formula is C14H22N6. The zero-order chi connectivity index (χ0) is 13.9. The van der Waals surface area contributed by atoms with Crippen molar-refractivity contribution >= 4 is 0 Å². The van der Waals surface area contributed by atoms with Crippen LogP contribution in [0.5, 0.6) is 0 Å². The molecule has 3 rings (SSSR count). The van der Waals surface area contributed by atoms with Crippen LogP contribution in [0.15, 0.2) is 12.3 Å². The third-order valence-corrected chi connectivity index (χ3v) is 3.63. The molecule has 6 heteroatoms. The molecule has 0 spiro atoms. The van der Waals surface area contributed by atoms with Crippen molar-refractivity contribution in [1.82, 2.24) is 30.1 Å². The Bertz CT molecular complexity index is 566. The van der Waals surface area contributed by atoms with Gasteiger partial charge in [0, 0.05) is 13.1 Å². The van der Waals surface area contributed by atoms with Crippen LogP contribution in [0.3, 0.4) is 0 Å². The van der Waals surface area contributed by atoms with Crippen LogP contribution in [0.1, 0.15) is 36.8 Å². The van der Waals surface area contributed by atoms with E-state index < -0.39 is 0 Å². The third kappa shape index (κ3) is 3.25. The number of hydrogen-bond donors (Lipinski definition) is 1. The van der Waals surface area contributed by atoms with E-state index in [0.717, 1.165) is 43.5 Å². The Hall–Kier alpha value is -1.69. The van der Waals surface area contributed by atoms with E-state index >= 15 is 0 Å². The van der Waals surface area contributed by atoms with Crippen LogP contribution in [0, 0.1) is 12.8 Å². The van der Waals surface area contributed by atoms with Gasteiger partial charge in [-0.25, -0.2) is 4.68 Å². The molecule has 1 aliphatic carbocycles. The number of rotatable bonds is 7. The molecule has 1 aliphatic rings. The summed E-state index contributed by atoms with van der Waals surface area (Å²) in [6, 6.07) is 2.11. The number of nitrogens with one attached hydrogen (secondary N) is 1. The zero-order valence-electron chi connectivity index (χ0n) is 12.2. The quantitative estimate of drug-likeness (QED) is 0.828. The Balaban J connectivity index is 1.57. The molecule has 0 saturated heterocycles. The normalized spacial score (nSPS) is 14.9. The average molecular weight is 274 g/mol. The van der Waals surface area contributed by atoms with Crippen LogP contribution in [0.2, 0.25) is 0 Å². The molecule has 0 atom stereocenters. The number of nitrogens with zero attached hydrogens (tertiary/aromatic N) is 5. The predicted molar refractivity (Wildman–Crippen MR) is 76.2 cm³/mol. The fraction of sp³-hybridized carbons (Fsp3) is 0.643. The summed E-state index contributed by atoms with van der Waals surface area (Å²) >= 11 is 0. The Morgan fingerprint density at radius 2 is 2.25 bits per heavy atom. The van der Waals surface area contributed by atoms with Gasteiger partial charge in [0.2, 0.25) is 0 Å². The van der Waals surface area contributed by atoms with Crippen molar-refractivity contribution in [2.24, 2.45) is 5.92 Å². The van der Waals surface area contributed by atoms with E-state index in [-0.39, 0.29) is 0 Å². The standard InChI is InChI=1S/C14H22N6/c1-3-20-14(6-11(2)17-20)10-19-9-13(16-18-19)8-15-7-12-4-5-12/h6,9,12,15H,3-5,7-8,10H2,1-2H3. The van der Waals surface area contributed by atoms with Crippen LogP contribution in [-0.4, -0.2) is 31.3 Å². The summed E-state index contributed by atoms with van der Waals surface area (Å²) < 4.78 is 3.90. The van der Waals surface area contributed by atoms with Gasteiger partial charge in [-0.15, -0.1) is 5.10 Å². The van der Waals surface area contributed by atoms with Gasteiger partial charge in [-0.1, -0.05) is 5.21 Å². The van der Waals surface area contributed by atoms with Crippen LogP contribution in [0.4, 0.5) is 0 Å². The van der Waals surface area contributed by atoms with Gasteiger partial charge < -0.3 is 5.32 Å². The lowest BCUT2D eigenvalue weighted by Gasteiger charge is -2.03. The highest BCUT2D eigenvalue weighted by Gasteiger charge is 2.20. The SMILES string of the molecule is CCn1nc(C)cc1Cn1cc(CNCC2CC2)nn1. The fourth-order valence-electron chi connectivity index (χ4n) is 2.39. The molecule has 0 bridgehead atoms. The fourth-order valence-corrected chi connectivity index (χ4v) is 2.39. The van der Waals surface area contributed by atoms with E-state index in [1.807, 2.05) is 22.5 Å². The van der Waals surface area contributed by atoms with Gasteiger partial charge in [0.25, 0.3) is 0 Å². The maximum absolute atomic E-state index is 4.45. The lowest BCUT2D eigenvalue weighted by molar-refractivity contribution is 0.565. The highest BCUT2D eigenvalue weighted by atomic mass is 15.4. The first-order valence-corrected chi connectivity index (χ1v) is 7.37. The van der Waals surface area contributed by atoms with E-state index in [2.05, 4.69) is 33.7 Å². The highest BCUT2D eigenvalue weighted by Crippen LogP contribution is 2.27. The van der Waals surface area contributed by atoms with E-state index in [1.165, 1.54) is 18.5 Å². The zero-order valence-corrected chi connectivity index (χ0v) is 12.2. The molecule has 1 fully saturated rings. The first-order valence-electron chi connectivity index (χ1n) is 7.37. The van der Waals surface area contributed by atoms with E-state index in [9.17, 15) is 0 Å². The van der Waals surface area contributed by atoms with Crippen molar-refractivity contribution in [2.75, 3.05) is 6.54 Å². The number of aromatic nitrogens is 5. The molecule has 0 radical (unpaired) electrons. The van der Waals surface area contributed by atoms with Crippen LogP contribution in [-0.2, 0) is 19.6 Å². The number of hydrogen-bond acceptors (Lipinski definition) is 4. The Labute approximate surface area is 119 Å². The first-order chi connectivity index (χ1) is 9.74. The largest absolute Gasteiger partial charge is 0.311 e. The second kappa shape index (κ2) is 5.75. The maximum atomic E-state index is 4.45. The first kappa shape index (κ1) is 13.3. The van der Waals surface area contributed by atoms with Crippen molar-refractivity contribution in [2.45, 2.75) is 46.3 Å². The molecule has 1 N–H and O–H groups in total. The van der Waals surface area contributed by atoms with Gasteiger partial charge in [-0.2, -0.15) is 5.10 Å². The van der Waals surface area contributed by atoms with Gasteiger partial charge in [0.1, 0.15) is 0 Å². The van der Waals surface area contributed by atoms with E-state index in [4.69, 9.17) is 0 Å². The molecule has 0 unspecified atom stereocenters. The summed E-state index contributed by atoms with van der Waals surface area (Å²) in [5, 5.41) is 16.3. The topological polar surface area (TPSA) is 60.6 Å². The molecule has 2 aromatic rings. The Morgan fingerprint density at radius 3 is 3.00 bits per heavy atom. The van der Waals surface area contributed by atoms with Crippen LogP contribution >= 0.6 is 0 Å². The van der Waals surface area contributed by atoms with Gasteiger partial charge in [-0.05, 0) is 45.2 Å². The van der Waals surface area contributed by atoms with E-state index in [0.29, 0.717) is 0 Å². The summed E-state index contributed by atoms with van der Waals surface area (Å²) in [5.41, 5.74) is 3.23. The molecule has 0 amide bonds. The Kier molecular flexibility index (Phi) is 3.82. The second-order valence-corrected chi connectivity index (χ2v) is 5.57. The second-order valence-electron chi connectivity index (χ2n) is 5.57. The van der Waals surface area contributed by atoms with Crippen molar-refractivity contribution in [3.8, 4) is 0 Å². The summed E-state index contributed by atoms with van der Waals surface area (Å²) in [4.78, 5) is 0. The highest BCUT2D eigenvalue weighted by molar-refractivity contribution is 5.09. The minimum Gasteiger partial charge on any atom is -0.311 e. The minimum absolute atomic E-state index is 0.726. The molecule has 0 aromatic carbocycles. The monoisotopic (exact) mass is 274 g/mol. The Morgan fingerprint density at radius 1 is 1.40 bits per heavy atom. The van der Waals surface area contributed by atoms with Crippen molar-refractivity contribution in [3.63, 3.8) is 0 Å². The summed E-state index contributed by atoms with van der Waals surface area (Å²) in [6.45, 7) is 7.64. The van der Waals surface area contributed by atoms with Crippen LogP contribution in [0.25, 0.3) is 0 Å². The van der Waals surface area contributed by atoms with Crippen molar-refractivity contribution < 1.29 is 0 Å². The third-order valence-electron chi connectivity index (χ3n) is 3.63. The van der Waals surface area contributed by atoms with Crippen molar-refractivity contribution in [1.29, 1.82) is 0 Å². The molecule has 2 heterocycles. The molecule has 108 valence electrons. The van der Waals surface area contributed by atoms with E-state index in [1.54, 1.807) is 0 Å². The van der Waals surface area contributed by atoms with Crippen LogP contribution < -0.4 is 5.32 Å². The predicted octanol–water partition coefficient (Wildman–Crippen LogP) is 1.35. The summed E-state index contributed by atoms with van der Waals surface area (Å²) in [6.07, 6.45) is 4.77. The minimum atomic E-state index is 0.726. The van der Waals surface area contributed by atoms with Gasteiger partial charge >= 0.3 is 0 Å². The average Bonchev–Trinajstić information content (AvgIpc) is 3.03. The van der Waals surface area contributed by atoms with Crippen molar-refractivity contribution in [3.05, 3.63) is 29.3 Å². The van der Waals surface area contributed by atoms with Gasteiger partial charge in [0.05, 0.1) is 29.8 Å². The molecule has 6 nitrogen and oxygen atoms in total. The lowest BCUT2D eigenvalue weighted by Crippen LogP contribution is -2.16. The number of aryl methyl sites for hydroxylation is 2. The smallest absolute Gasteiger partial charge is 0.0964 e. The molecule has 1 saturated carbocycles. The van der Waals surface area contributed by atoms with Gasteiger partial charge in [0.15, 0.2) is 0 Å². The molecule has 2 aromatic heterocycles. The maximum Gasteiger partial charge on any atom is 0.0964 e. The molecule has 20 heavy (non-hydrogen) atoms. The molecule has 0 aliphatic heterocycles. The summed E-state index contributed by atoms with van der Waals surface area (Å²) in [7, 11) is 0.